The van der Waals surface area contributed by atoms with Crippen LogP contribution in [0, 0.1) is 0 Å². The van der Waals surface area contributed by atoms with Gasteiger partial charge in [-0.3, -0.25) is 14.4 Å². The Labute approximate surface area is 186 Å². The van der Waals surface area contributed by atoms with E-state index in [0.717, 1.165) is 11.1 Å². The number of hydrogen-bond donors (Lipinski definition) is 3. The van der Waals surface area contributed by atoms with Gasteiger partial charge in [-0.15, -0.1) is 0 Å². The van der Waals surface area contributed by atoms with Crippen LogP contribution in [-0.2, 0) is 37.1 Å². The van der Waals surface area contributed by atoms with Crippen LogP contribution in [0.5, 0.6) is 0 Å². The van der Waals surface area contributed by atoms with Crippen molar-refractivity contribution in [2.45, 2.75) is 45.1 Å². The van der Waals surface area contributed by atoms with Gasteiger partial charge in [0, 0.05) is 6.42 Å². The van der Waals surface area contributed by atoms with E-state index < -0.39 is 36.0 Å². The first-order valence-electron chi connectivity index (χ1n) is 10.1. The lowest BCUT2D eigenvalue weighted by atomic mass is 10.1. The number of carbonyl (C=O) groups excluding carboxylic acids is 4. The summed E-state index contributed by atoms with van der Waals surface area (Å²) >= 11 is 0. The Morgan fingerprint density at radius 2 is 1.38 bits per heavy atom. The van der Waals surface area contributed by atoms with Crippen LogP contribution in [-0.4, -0.2) is 36.0 Å². The number of alkyl carbamates (subject to hydrolysis) is 1. The highest BCUT2D eigenvalue weighted by atomic mass is 16.5. The van der Waals surface area contributed by atoms with E-state index in [9.17, 15) is 19.2 Å². The standard InChI is InChI=1S/C23H27N3O6/c1-16(25-23(30)32-15-18-10-6-3-7-11-18)22(29)26-19(21(24)28)12-13-20(27)31-14-17-8-4-2-5-9-17/h2-11,16,19H,12-15H2,1H3,(H2,24,28)(H,25,30)(H,26,29)/t16-,19-/m0/s1. The molecule has 3 amide bonds. The van der Waals surface area contributed by atoms with E-state index >= 15 is 0 Å². The minimum absolute atomic E-state index is 0.0279. The molecular weight excluding hydrogens is 414 g/mol. The molecule has 9 nitrogen and oxygen atoms in total. The number of ether oxygens (including phenoxy) is 2. The average Bonchev–Trinajstić information content (AvgIpc) is 2.80. The maximum Gasteiger partial charge on any atom is 0.408 e. The summed E-state index contributed by atoms with van der Waals surface area (Å²) in [5.74, 6) is -1.96. The third-order valence-electron chi connectivity index (χ3n) is 4.48. The molecule has 0 radical (unpaired) electrons. The molecular formula is C23H27N3O6. The summed E-state index contributed by atoms with van der Waals surface area (Å²) in [6.07, 6.45) is -0.918. The van der Waals surface area contributed by atoms with Gasteiger partial charge in [0.05, 0.1) is 0 Å². The molecule has 2 aromatic rings. The van der Waals surface area contributed by atoms with E-state index in [1.54, 1.807) is 12.1 Å². The van der Waals surface area contributed by atoms with Crippen molar-refractivity contribution in [1.29, 1.82) is 0 Å². The number of amides is 3. The molecule has 0 saturated heterocycles. The number of hydrogen-bond acceptors (Lipinski definition) is 6. The number of primary amides is 1. The van der Waals surface area contributed by atoms with E-state index in [-0.39, 0.29) is 26.1 Å². The van der Waals surface area contributed by atoms with Gasteiger partial charge in [0.15, 0.2) is 0 Å². The monoisotopic (exact) mass is 441 g/mol. The molecule has 0 fully saturated rings. The Kier molecular flexibility index (Phi) is 9.70. The Morgan fingerprint density at radius 1 is 0.844 bits per heavy atom. The van der Waals surface area contributed by atoms with Crippen molar-refractivity contribution < 1.29 is 28.7 Å². The summed E-state index contributed by atoms with van der Waals surface area (Å²) in [6.45, 7) is 1.60. The Bertz CT molecular complexity index is 904. The van der Waals surface area contributed by atoms with Crippen molar-refractivity contribution >= 4 is 23.9 Å². The number of nitrogens with two attached hydrogens (primary N) is 1. The van der Waals surface area contributed by atoms with Crippen molar-refractivity contribution in [3.8, 4) is 0 Å². The number of benzene rings is 2. The minimum Gasteiger partial charge on any atom is -0.461 e. The van der Waals surface area contributed by atoms with Crippen molar-refractivity contribution in [3.63, 3.8) is 0 Å². The van der Waals surface area contributed by atoms with Crippen LogP contribution in [0.2, 0.25) is 0 Å². The predicted octanol–water partition coefficient (Wildman–Crippen LogP) is 1.79. The van der Waals surface area contributed by atoms with Crippen molar-refractivity contribution in [1.82, 2.24) is 10.6 Å². The number of rotatable bonds is 11. The first kappa shape index (κ1) is 24.4. The molecule has 0 saturated carbocycles. The van der Waals surface area contributed by atoms with Crippen LogP contribution < -0.4 is 16.4 Å². The third-order valence-corrected chi connectivity index (χ3v) is 4.48. The van der Waals surface area contributed by atoms with Gasteiger partial charge in [0.2, 0.25) is 11.8 Å². The molecule has 0 aliphatic rings. The number of esters is 1. The summed E-state index contributed by atoms with van der Waals surface area (Å²) in [7, 11) is 0. The number of carbonyl (C=O) groups is 4. The molecule has 170 valence electrons. The SMILES string of the molecule is C[C@H](NC(=O)OCc1ccccc1)C(=O)N[C@@H](CCC(=O)OCc1ccccc1)C(N)=O. The fourth-order valence-corrected chi connectivity index (χ4v) is 2.66. The lowest BCUT2D eigenvalue weighted by molar-refractivity contribution is -0.145. The maximum absolute atomic E-state index is 12.3. The highest BCUT2D eigenvalue weighted by Gasteiger charge is 2.24. The molecule has 2 aromatic carbocycles. The van der Waals surface area contributed by atoms with Gasteiger partial charge in [0.1, 0.15) is 25.3 Å². The molecule has 0 spiro atoms. The molecule has 0 aliphatic heterocycles. The van der Waals surface area contributed by atoms with E-state index in [0.29, 0.717) is 0 Å². The Balaban J connectivity index is 1.74. The van der Waals surface area contributed by atoms with Gasteiger partial charge in [-0.2, -0.15) is 0 Å². The van der Waals surface area contributed by atoms with Crippen molar-refractivity contribution in [2.75, 3.05) is 0 Å². The normalized spacial score (nSPS) is 12.2. The van der Waals surface area contributed by atoms with Crippen LogP contribution >= 0.6 is 0 Å². The second-order valence-corrected chi connectivity index (χ2v) is 7.08. The molecule has 2 rings (SSSR count). The smallest absolute Gasteiger partial charge is 0.408 e. The average molecular weight is 441 g/mol. The zero-order valence-electron chi connectivity index (χ0n) is 17.8. The molecule has 0 aliphatic carbocycles. The fraction of sp³-hybridized carbons (Fsp3) is 0.304. The summed E-state index contributed by atoms with van der Waals surface area (Å²) in [4.78, 5) is 47.8. The molecule has 2 atom stereocenters. The van der Waals surface area contributed by atoms with Gasteiger partial charge in [-0.05, 0) is 24.5 Å². The van der Waals surface area contributed by atoms with E-state index in [2.05, 4.69) is 10.6 Å². The zero-order valence-corrected chi connectivity index (χ0v) is 17.8. The molecule has 9 heteroatoms. The van der Waals surface area contributed by atoms with Gasteiger partial charge in [0.25, 0.3) is 0 Å². The Hall–Kier alpha value is -3.88. The number of nitrogens with one attached hydrogen (secondary N) is 2. The van der Waals surface area contributed by atoms with Crippen LogP contribution in [0.1, 0.15) is 30.9 Å². The van der Waals surface area contributed by atoms with Crippen LogP contribution in [0.3, 0.4) is 0 Å². The quantitative estimate of drug-likeness (QED) is 0.455. The lowest BCUT2D eigenvalue weighted by Crippen LogP contribution is -2.52. The fourth-order valence-electron chi connectivity index (χ4n) is 2.66. The molecule has 4 N–H and O–H groups in total. The van der Waals surface area contributed by atoms with Gasteiger partial charge >= 0.3 is 12.1 Å². The third kappa shape index (κ3) is 8.86. The first-order valence-corrected chi connectivity index (χ1v) is 10.1. The molecule has 0 bridgehead atoms. The molecule has 0 aromatic heterocycles. The van der Waals surface area contributed by atoms with Gasteiger partial charge in [-0.1, -0.05) is 60.7 Å². The lowest BCUT2D eigenvalue weighted by Gasteiger charge is -2.19. The van der Waals surface area contributed by atoms with E-state index in [1.807, 2.05) is 48.5 Å². The second kappa shape index (κ2) is 12.7. The molecule has 0 heterocycles. The summed E-state index contributed by atoms with van der Waals surface area (Å²) in [6, 6.07) is 16.1. The minimum atomic E-state index is -1.09. The van der Waals surface area contributed by atoms with Crippen molar-refractivity contribution in [3.05, 3.63) is 71.8 Å². The van der Waals surface area contributed by atoms with Crippen LogP contribution in [0.25, 0.3) is 0 Å². The molecule has 32 heavy (non-hydrogen) atoms. The largest absolute Gasteiger partial charge is 0.461 e. The van der Waals surface area contributed by atoms with Crippen LogP contribution in [0.15, 0.2) is 60.7 Å². The topological polar surface area (TPSA) is 137 Å². The van der Waals surface area contributed by atoms with Crippen LogP contribution in [0.4, 0.5) is 4.79 Å². The highest BCUT2D eigenvalue weighted by molar-refractivity contribution is 5.90. The highest BCUT2D eigenvalue weighted by Crippen LogP contribution is 2.05. The Morgan fingerprint density at radius 3 is 1.91 bits per heavy atom. The second-order valence-electron chi connectivity index (χ2n) is 7.08. The van der Waals surface area contributed by atoms with Gasteiger partial charge < -0.3 is 25.8 Å². The predicted molar refractivity (Wildman–Crippen MR) is 116 cm³/mol. The first-order chi connectivity index (χ1) is 15.3. The zero-order chi connectivity index (χ0) is 23.3. The summed E-state index contributed by atoms with van der Waals surface area (Å²) in [5.41, 5.74) is 6.96. The van der Waals surface area contributed by atoms with E-state index in [1.165, 1.54) is 6.92 Å². The molecule has 0 unspecified atom stereocenters. The summed E-state index contributed by atoms with van der Waals surface area (Å²) < 4.78 is 10.2. The van der Waals surface area contributed by atoms with E-state index in [4.69, 9.17) is 15.2 Å². The maximum atomic E-state index is 12.3. The van der Waals surface area contributed by atoms with Crippen molar-refractivity contribution in [2.24, 2.45) is 5.73 Å². The van der Waals surface area contributed by atoms with Gasteiger partial charge in [-0.25, -0.2) is 4.79 Å². The summed E-state index contributed by atoms with van der Waals surface area (Å²) in [5, 5.41) is 4.81.